The third kappa shape index (κ3) is 2.58. The van der Waals surface area contributed by atoms with Gasteiger partial charge in [0.25, 0.3) is 0 Å². The van der Waals surface area contributed by atoms with E-state index in [2.05, 4.69) is 18.8 Å². The van der Waals surface area contributed by atoms with Gasteiger partial charge < -0.3 is 10.2 Å². The molecule has 0 bridgehead atoms. The summed E-state index contributed by atoms with van der Waals surface area (Å²) in [5, 5.41) is 21.7. The molecule has 4 rings (SSSR count). The quantitative estimate of drug-likeness (QED) is 0.654. The maximum Gasteiger partial charge on any atom is 0.202 e. The van der Waals surface area contributed by atoms with Crippen LogP contribution in [0.2, 0.25) is 0 Å². The smallest absolute Gasteiger partial charge is 0.202 e. The molecule has 0 saturated heterocycles. The van der Waals surface area contributed by atoms with E-state index < -0.39 is 0 Å². The van der Waals surface area contributed by atoms with E-state index in [0.717, 1.165) is 57.1 Å². The molecule has 0 spiro atoms. The van der Waals surface area contributed by atoms with E-state index >= 15 is 0 Å². The van der Waals surface area contributed by atoms with Gasteiger partial charge in [-0.3, -0.25) is 4.57 Å². The molecule has 0 atom stereocenters. The van der Waals surface area contributed by atoms with Crippen LogP contribution in [-0.4, -0.2) is 25.0 Å². The van der Waals surface area contributed by atoms with E-state index in [0.29, 0.717) is 5.25 Å². The fourth-order valence-corrected chi connectivity index (χ4v) is 5.62. The maximum absolute atomic E-state index is 10.6. The van der Waals surface area contributed by atoms with Crippen molar-refractivity contribution in [1.82, 2.24) is 9.55 Å². The first kappa shape index (κ1) is 15.8. The van der Waals surface area contributed by atoms with Crippen molar-refractivity contribution in [2.75, 3.05) is 0 Å². The molecule has 1 aromatic carbocycles. The Morgan fingerprint density at radius 1 is 1.12 bits per heavy atom. The number of rotatable bonds is 3. The lowest BCUT2D eigenvalue weighted by molar-refractivity contribution is 0.400. The molecule has 0 radical (unpaired) electrons. The molecule has 0 fully saturated rings. The summed E-state index contributed by atoms with van der Waals surface area (Å²) in [6.45, 7) is 4.31. The highest BCUT2D eigenvalue weighted by Gasteiger charge is 2.25. The Morgan fingerprint density at radius 2 is 1.79 bits per heavy atom. The maximum atomic E-state index is 10.6. The number of thioether (sulfide) groups is 1. The van der Waals surface area contributed by atoms with E-state index in [-0.39, 0.29) is 11.8 Å². The van der Waals surface area contributed by atoms with Gasteiger partial charge in [0.15, 0.2) is 4.34 Å². The lowest BCUT2D eigenvalue weighted by atomic mass is 9.95. The summed E-state index contributed by atoms with van der Waals surface area (Å²) >= 11 is 3.41. The molecule has 2 heterocycles. The van der Waals surface area contributed by atoms with Crippen molar-refractivity contribution in [3.8, 4) is 17.4 Å². The predicted octanol–water partition coefficient (Wildman–Crippen LogP) is 4.88. The third-order valence-electron chi connectivity index (χ3n) is 4.38. The second kappa shape index (κ2) is 6.01. The number of hydrogen-bond donors (Lipinski definition) is 2. The van der Waals surface area contributed by atoms with Gasteiger partial charge >= 0.3 is 0 Å². The third-order valence-corrected chi connectivity index (χ3v) is 6.49. The summed E-state index contributed by atoms with van der Waals surface area (Å²) in [5.41, 5.74) is 3.55. The van der Waals surface area contributed by atoms with Crippen LogP contribution in [0, 0.1) is 0 Å². The van der Waals surface area contributed by atoms with Gasteiger partial charge in [-0.25, -0.2) is 4.98 Å². The topological polar surface area (TPSA) is 58.3 Å². The van der Waals surface area contributed by atoms with Crippen molar-refractivity contribution in [3.05, 3.63) is 29.3 Å². The van der Waals surface area contributed by atoms with Gasteiger partial charge in [-0.2, -0.15) is 0 Å². The summed E-state index contributed by atoms with van der Waals surface area (Å²) < 4.78 is 3.70. The highest BCUT2D eigenvalue weighted by molar-refractivity contribution is 8.01. The number of hydrogen-bond acceptors (Lipinski definition) is 5. The summed E-state index contributed by atoms with van der Waals surface area (Å²) in [6, 6.07) is 5.88. The number of aromatic nitrogens is 2. The molecule has 126 valence electrons. The largest absolute Gasteiger partial charge is 0.494 e. The Morgan fingerprint density at radius 3 is 2.42 bits per heavy atom. The minimum Gasteiger partial charge on any atom is -0.494 e. The normalized spacial score (nSPS) is 14.5. The van der Waals surface area contributed by atoms with E-state index in [1.54, 1.807) is 27.7 Å². The van der Waals surface area contributed by atoms with Crippen LogP contribution < -0.4 is 0 Å². The molecule has 2 N–H and O–H groups in total. The summed E-state index contributed by atoms with van der Waals surface area (Å²) in [7, 11) is 0. The Labute approximate surface area is 149 Å². The van der Waals surface area contributed by atoms with Gasteiger partial charge in [-0.15, -0.1) is 11.3 Å². The van der Waals surface area contributed by atoms with E-state index in [9.17, 15) is 10.2 Å². The summed E-state index contributed by atoms with van der Waals surface area (Å²) in [6.07, 6.45) is 3.79. The van der Waals surface area contributed by atoms with Crippen molar-refractivity contribution in [3.63, 3.8) is 0 Å². The summed E-state index contributed by atoms with van der Waals surface area (Å²) in [4.78, 5) is 4.64. The van der Waals surface area contributed by atoms with Crippen LogP contribution in [0.25, 0.3) is 15.9 Å². The van der Waals surface area contributed by atoms with E-state index in [4.69, 9.17) is 0 Å². The van der Waals surface area contributed by atoms with Crippen molar-refractivity contribution in [2.24, 2.45) is 0 Å². The first-order valence-corrected chi connectivity index (χ1v) is 9.96. The Balaban J connectivity index is 1.81. The molecular weight excluding hydrogens is 340 g/mol. The number of aromatic hydroxyl groups is 2. The Hall–Kier alpha value is -1.66. The number of thiazole rings is 1. The molecule has 24 heavy (non-hydrogen) atoms. The van der Waals surface area contributed by atoms with Gasteiger partial charge in [0.1, 0.15) is 0 Å². The minimum atomic E-state index is 0.183. The first-order valence-electron chi connectivity index (χ1n) is 8.26. The molecule has 2 aromatic heterocycles. The van der Waals surface area contributed by atoms with Gasteiger partial charge in [-0.05, 0) is 43.9 Å². The predicted molar refractivity (Wildman–Crippen MR) is 99.9 cm³/mol. The van der Waals surface area contributed by atoms with Crippen LogP contribution >= 0.6 is 23.1 Å². The zero-order valence-electron chi connectivity index (χ0n) is 13.7. The highest BCUT2D eigenvalue weighted by atomic mass is 32.2. The molecule has 0 unspecified atom stereocenters. The SMILES string of the molecule is CC(C)Sc1nc2ccc(-n3c(O)c4c(c3O)CCCC4)cc2s1. The minimum absolute atomic E-state index is 0.183. The molecule has 3 aromatic rings. The number of nitrogens with zero attached hydrogens (tertiary/aromatic N) is 2. The molecule has 1 aliphatic carbocycles. The summed E-state index contributed by atoms with van der Waals surface area (Å²) in [5.74, 6) is 0.366. The zero-order valence-corrected chi connectivity index (χ0v) is 15.4. The van der Waals surface area contributed by atoms with Crippen LogP contribution in [0.3, 0.4) is 0 Å². The Bertz CT molecular complexity index is 882. The Kier molecular flexibility index (Phi) is 3.96. The fourth-order valence-electron chi connectivity index (χ4n) is 3.30. The van der Waals surface area contributed by atoms with Crippen molar-refractivity contribution in [1.29, 1.82) is 0 Å². The van der Waals surface area contributed by atoms with Crippen molar-refractivity contribution in [2.45, 2.75) is 49.1 Å². The van der Waals surface area contributed by atoms with Gasteiger partial charge in [0.2, 0.25) is 11.8 Å². The second-order valence-electron chi connectivity index (χ2n) is 6.45. The molecule has 0 aliphatic heterocycles. The lowest BCUT2D eigenvalue weighted by Gasteiger charge is -2.09. The number of benzene rings is 1. The zero-order chi connectivity index (χ0) is 16.8. The fraction of sp³-hybridized carbons (Fsp3) is 0.389. The lowest BCUT2D eigenvalue weighted by Crippen LogP contribution is -1.98. The molecule has 0 amide bonds. The monoisotopic (exact) mass is 360 g/mol. The van der Waals surface area contributed by atoms with Crippen molar-refractivity contribution < 1.29 is 10.2 Å². The van der Waals surface area contributed by atoms with Crippen LogP contribution in [0.15, 0.2) is 22.5 Å². The van der Waals surface area contributed by atoms with Gasteiger partial charge in [0, 0.05) is 16.4 Å². The van der Waals surface area contributed by atoms with Gasteiger partial charge in [0.05, 0.1) is 15.9 Å². The molecule has 0 saturated carbocycles. The molecule has 6 heteroatoms. The molecular formula is C18H20N2O2S2. The van der Waals surface area contributed by atoms with Crippen LogP contribution in [0.1, 0.15) is 37.8 Å². The van der Waals surface area contributed by atoms with Crippen LogP contribution in [0.4, 0.5) is 0 Å². The highest BCUT2D eigenvalue weighted by Crippen LogP contribution is 2.41. The van der Waals surface area contributed by atoms with Gasteiger partial charge in [-0.1, -0.05) is 25.6 Å². The van der Waals surface area contributed by atoms with E-state index in [1.165, 1.54) is 0 Å². The standard InChI is InChI=1S/C18H20N2O2S2/c1-10(2)23-18-19-14-8-7-11(9-15(14)24-18)20-16(21)12-5-3-4-6-13(12)17(20)22/h7-10,21-22H,3-6H2,1-2H3. The number of fused-ring (bicyclic) bond motifs is 2. The van der Waals surface area contributed by atoms with Crippen molar-refractivity contribution >= 4 is 33.3 Å². The van der Waals surface area contributed by atoms with Crippen LogP contribution in [0.5, 0.6) is 11.8 Å². The second-order valence-corrected chi connectivity index (χ2v) is 9.30. The average Bonchev–Trinajstić information content (AvgIpc) is 3.05. The first-order chi connectivity index (χ1) is 11.5. The molecule has 4 nitrogen and oxygen atoms in total. The van der Waals surface area contributed by atoms with E-state index in [1.807, 2.05) is 18.2 Å². The molecule has 1 aliphatic rings. The average molecular weight is 361 g/mol. The van der Waals surface area contributed by atoms with Crippen LogP contribution in [-0.2, 0) is 12.8 Å².